The second kappa shape index (κ2) is 13.6. The van der Waals surface area contributed by atoms with Gasteiger partial charge in [-0.1, -0.05) is 34.6 Å². The van der Waals surface area contributed by atoms with Crippen LogP contribution in [0, 0.1) is 23.7 Å². The number of nitrogens with zero attached hydrogens (tertiary/aromatic N) is 1. The molecular weight excluding hydrogens is 466 g/mol. The molecule has 210 valence electrons. The van der Waals surface area contributed by atoms with Crippen molar-refractivity contribution < 1.29 is 39.1 Å². The van der Waals surface area contributed by atoms with Gasteiger partial charge in [0.2, 0.25) is 0 Å². The summed E-state index contributed by atoms with van der Waals surface area (Å²) in [5.41, 5.74) is 0. The Morgan fingerprint density at radius 3 is 2.22 bits per heavy atom. The molecule has 9 heteroatoms. The molecule has 0 amide bonds. The lowest BCUT2D eigenvalue weighted by Crippen LogP contribution is -2.56. The summed E-state index contributed by atoms with van der Waals surface area (Å²) in [7, 11) is 3.80. The van der Waals surface area contributed by atoms with Crippen molar-refractivity contribution in [1.29, 1.82) is 0 Å². The zero-order valence-corrected chi connectivity index (χ0v) is 23.3. The minimum atomic E-state index is -1.05. The van der Waals surface area contributed by atoms with E-state index in [2.05, 4.69) is 0 Å². The van der Waals surface area contributed by atoms with Gasteiger partial charge in [0, 0.05) is 30.2 Å². The number of esters is 1. The average Bonchev–Trinajstić information content (AvgIpc) is 2.83. The first-order valence-corrected chi connectivity index (χ1v) is 13.5. The van der Waals surface area contributed by atoms with Crippen molar-refractivity contribution in [2.24, 2.45) is 23.7 Å². The van der Waals surface area contributed by atoms with Gasteiger partial charge in [-0.25, -0.2) is 0 Å². The topological polar surface area (TPSA) is 126 Å². The molecule has 3 N–H and O–H groups in total. The van der Waals surface area contributed by atoms with E-state index < -0.39 is 60.5 Å². The highest BCUT2D eigenvalue weighted by molar-refractivity contribution is 5.81. The first-order valence-electron chi connectivity index (χ1n) is 13.5. The number of rotatable bonds is 4. The summed E-state index contributed by atoms with van der Waals surface area (Å²) in [5.74, 6) is -2.32. The van der Waals surface area contributed by atoms with Gasteiger partial charge in [-0.15, -0.1) is 0 Å². The van der Waals surface area contributed by atoms with Gasteiger partial charge in [0.1, 0.15) is 18.0 Å². The molecule has 9 nitrogen and oxygen atoms in total. The van der Waals surface area contributed by atoms with Gasteiger partial charge >= 0.3 is 5.97 Å². The number of ketones is 1. The molecule has 0 aromatic heterocycles. The van der Waals surface area contributed by atoms with Crippen LogP contribution in [0.3, 0.4) is 0 Å². The lowest BCUT2D eigenvalue weighted by molar-refractivity contribution is -0.282. The van der Waals surface area contributed by atoms with Crippen molar-refractivity contribution >= 4 is 11.8 Å². The van der Waals surface area contributed by atoms with E-state index in [4.69, 9.17) is 14.2 Å². The number of carbonyl (C=O) groups excluding carboxylic acids is 2. The summed E-state index contributed by atoms with van der Waals surface area (Å²) >= 11 is 0. The molecule has 0 spiro atoms. The van der Waals surface area contributed by atoms with Gasteiger partial charge in [-0.2, -0.15) is 0 Å². The van der Waals surface area contributed by atoms with E-state index in [-0.39, 0.29) is 36.7 Å². The van der Waals surface area contributed by atoms with Crippen molar-refractivity contribution in [3.05, 3.63) is 0 Å². The largest absolute Gasteiger partial charge is 0.462 e. The summed E-state index contributed by atoms with van der Waals surface area (Å²) in [6.45, 7) is 11.0. The van der Waals surface area contributed by atoms with Crippen molar-refractivity contribution in [2.75, 3.05) is 14.1 Å². The van der Waals surface area contributed by atoms with Crippen LogP contribution in [-0.2, 0) is 23.8 Å². The van der Waals surface area contributed by atoms with E-state index in [0.29, 0.717) is 19.3 Å². The Bertz CT molecular complexity index is 718. The average molecular weight is 516 g/mol. The van der Waals surface area contributed by atoms with Crippen molar-refractivity contribution in [1.82, 2.24) is 4.90 Å². The maximum atomic E-state index is 13.0. The Morgan fingerprint density at radius 1 is 1.00 bits per heavy atom. The minimum Gasteiger partial charge on any atom is -0.462 e. The second-order valence-corrected chi connectivity index (χ2v) is 11.4. The van der Waals surface area contributed by atoms with Crippen LogP contribution in [0.25, 0.3) is 0 Å². The highest BCUT2D eigenvalue weighted by Crippen LogP contribution is 2.32. The number of aliphatic hydroxyl groups is 3. The van der Waals surface area contributed by atoms with Gasteiger partial charge < -0.3 is 34.4 Å². The third kappa shape index (κ3) is 7.71. The van der Waals surface area contributed by atoms with Crippen LogP contribution in [0.15, 0.2) is 0 Å². The highest BCUT2D eigenvalue weighted by atomic mass is 16.7. The number of carbonyl (C=O) groups is 2. The summed E-state index contributed by atoms with van der Waals surface area (Å²) in [4.78, 5) is 27.6. The van der Waals surface area contributed by atoms with Gasteiger partial charge in [0.25, 0.3) is 0 Å². The zero-order chi connectivity index (χ0) is 27.3. The smallest absolute Gasteiger partial charge is 0.308 e. The molecule has 36 heavy (non-hydrogen) atoms. The number of ether oxygens (including phenoxy) is 3. The first-order chi connectivity index (χ1) is 16.8. The van der Waals surface area contributed by atoms with Crippen LogP contribution in [0.2, 0.25) is 0 Å². The van der Waals surface area contributed by atoms with Gasteiger partial charge in [-0.3, -0.25) is 9.59 Å². The molecule has 0 saturated carbocycles. The lowest BCUT2D eigenvalue weighted by atomic mass is 9.81. The molecular formula is C27H49NO8. The molecule has 2 aliphatic rings. The van der Waals surface area contributed by atoms with Gasteiger partial charge in [0.05, 0.1) is 30.8 Å². The summed E-state index contributed by atoms with van der Waals surface area (Å²) in [5, 5.41) is 32.8. The number of Topliss-reactive ketones (excluding diaryl/α,β-unsaturated/α-hetero) is 1. The van der Waals surface area contributed by atoms with E-state index in [0.717, 1.165) is 0 Å². The zero-order valence-electron chi connectivity index (χ0n) is 23.3. The normalized spacial score (nSPS) is 44.2. The molecule has 0 aromatic carbocycles. The minimum absolute atomic E-state index is 0.0679. The molecule has 2 aliphatic heterocycles. The summed E-state index contributed by atoms with van der Waals surface area (Å²) < 4.78 is 18.0. The van der Waals surface area contributed by atoms with Crippen molar-refractivity contribution in [3.63, 3.8) is 0 Å². The standard InChI is InChI=1S/C27H49NO8/c1-9-22-18(6)24(32)16(4)20(29)11-10-14(2)26(17(5)21(30)13-23(31)35-22)36-27-25(33)19(28(7)8)12-15(3)34-27/h14-19,21-22,24-27,30,32-33H,9-13H2,1-8H3/t14-,15?,16-,17-,18-,19?,21+,22+,24+,25?,26-,27?/m0/s1. The van der Waals surface area contributed by atoms with E-state index in [1.807, 2.05) is 39.8 Å². The molecule has 12 atom stereocenters. The monoisotopic (exact) mass is 515 g/mol. The fourth-order valence-corrected chi connectivity index (χ4v) is 5.57. The summed E-state index contributed by atoms with van der Waals surface area (Å²) in [6, 6.07) is -0.153. The molecule has 0 aromatic rings. The molecule has 2 heterocycles. The Morgan fingerprint density at radius 2 is 1.64 bits per heavy atom. The van der Waals surface area contributed by atoms with Crippen LogP contribution in [0.5, 0.6) is 0 Å². The van der Waals surface area contributed by atoms with Gasteiger partial charge in [0.15, 0.2) is 6.29 Å². The van der Waals surface area contributed by atoms with Crippen LogP contribution >= 0.6 is 0 Å². The van der Waals surface area contributed by atoms with Gasteiger partial charge in [-0.05, 0) is 46.2 Å². The Kier molecular flexibility index (Phi) is 11.8. The van der Waals surface area contributed by atoms with Crippen LogP contribution in [-0.4, -0.2) is 95.0 Å². The fraction of sp³-hybridized carbons (Fsp3) is 0.926. The van der Waals surface area contributed by atoms with Crippen LogP contribution < -0.4 is 0 Å². The molecule has 2 saturated heterocycles. The first kappa shape index (κ1) is 31.1. The number of cyclic esters (lactones) is 1. The Balaban J connectivity index is 2.31. The molecule has 0 bridgehead atoms. The molecule has 2 fully saturated rings. The predicted molar refractivity (Wildman–Crippen MR) is 135 cm³/mol. The van der Waals surface area contributed by atoms with Crippen molar-refractivity contribution in [3.8, 4) is 0 Å². The van der Waals surface area contributed by atoms with E-state index >= 15 is 0 Å². The van der Waals surface area contributed by atoms with E-state index in [1.165, 1.54) is 0 Å². The van der Waals surface area contributed by atoms with E-state index in [9.17, 15) is 24.9 Å². The number of aliphatic hydroxyl groups excluding tert-OH is 3. The van der Waals surface area contributed by atoms with Crippen LogP contribution in [0.1, 0.15) is 73.6 Å². The third-order valence-corrected chi connectivity index (χ3v) is 8.31. The number of hydrogen-bond acceptors (Lipinski definition) is 9. The Labute approximate surface area is 216 Å². The quantitative estimate of drug-likeness (QED) is 0.483. The maximum absolute atomic E-state index is 13.0. The second-order valence-electron chi connectivity index (χ2n) is 11.4. The molecule has 0 aliphatic carbocycles. The van der Waals surface area contributed by atoms with Crippen LogP contribution in [0.4, 0.5) is 0 Å². The summed E-state index contributed by atoms with van der Waals surface area (Å²) in [6.07, 6.45) is -3.43. The fourth-order valence-electron chi connectivity index (χ4n) is 5.57. The predicted octanol–water partition coefficient (Wildman–Crippen LogP) is 2.14. The SMILES string of the molecule is CC[C@H]1OC(=O)C[C@@H](O)[C@H](C)[C@@H](OC2OC(C)CC(N(C)C)C2O)[C@@H](C)CCC(=O)[C@H](C)[C@@H](O)[C@H]1C. The number of hydrogen-bond donors (Lipinski definition) is 3. The van der Waals surface area contributed by atoms with Crippen molar-refractivity contribution in [2.45, 2.75) is 123 Å². The molecule has 4 unspecified atom stereocenters. The third-order valence-electron chi connectivity index (χ3n) is 8.31. The lowest BCUT2D eigenvalue weighted by Gasteiger charge is -2.44. The van der Waals surface area contributed by atoms with E-state index in [1.54, 1.807) is 20.8 Å². The molecule has 0 radical (unpaired) electrons. The molecule has 2 rings (SSSR count). The highest BCUT2D eigenvalue weighted by Gasteiger charge is 2.42. The maximum Gasteiger partial charge on any atom is 0.308 e. The Hall–Kier alpha value is -1.10. The number of likely N-dealkylation sites (N-methyl/N-ethyl adjacent to an activating group) is 1.